The fourth-order valence-corrected chi connectivity index (χ4v) is 5.18. The molecule has 1 saturated heterocycles. The molecule has 2 atom stereocenters. The molecule has 1 aliphatic heterocycles. The van der Waals surface area contributed by atoms with Crippen molar-refractivity contribution in [1.29, 1.82) is 0 Å². The van der Waals surface area contributed by atoms with Crippen molar-refractivity contribution < 1.29 is 23.8 Å². The first kappa shape index (κ1) is 27.2. The Bertz CT molecular complexity index is 1560. The minimum Gasteiger partial charge on any atom is -0.495 e. The van der Waals surface area contributed by atoms with Crippen LogP contribution in [0.4, 0.5) is 5.69 Å². The molecule has 11 heteroatoms. The normalized spacial score (nSPS) is 16.4. The summed E-state index contributed by atoms with van der Waals surface area (Å²) in [5.74, 6) is 0.262. The lowest BCUT2D eigenvalue weighted by atomic mass is 10.0. The van der Waals surface area contributed by atoms with Crippen LogP contribution in [0.3, 0.4) is 0 Å². The number of carbonyl (C=O) groups excluding carboxylic acids is 1. The highest BCUT2D eigenvalue weighted by Gasteiger charge is 2.41. The molecule has 0 bridgehead atoms. The Balaban J connectivity index is 1.43. The number of halogens is 1. The smallest absolute Gasteiger partial charge is 0.335 e. The van der Waals surface area contributed by atoms with Crippen molar-refractivity contribution in [3.63, 3.8) is 0 Å². The van der Waals surface area contributed by atoms with Gasteiger partial charge in [-0.25, -0.2) is 4.79 Å². The van der Waals surface area contributed by atoms with Crippen LogP contribution in [0.15, 0.2) is 83.4 Å². The zero-order chi connectivity index (χ0) is 28.2. The second kappa shape index (κ2) is 11.8. The van der Waals surface area contributed by atoms with Crippen LogP contribution in [0.1, 0.15) is 40.3 Å². The van der Waals surface area contributed by atoms with Crippen LogP contribution < -0.4 is 15.4 Å². The van der Waals surface area contributed by atoms with Gasteiger partial charge in [-0.1, -0.05) is 29.8 Å². The minimum atomic E-state index is -1.07. The average Bonchev–Trinajstić information content (AvgIpc) is 3.57. The van der Waals surface area contributed by atoms with Crippen LogP contribution in [-0.2, 0) is 4.79 Å². The van der Waals surface area contributed by atoms with Crippen LogP contribution in [-0.4, -0.2) is 45.6 Å². The lowest BCUT2D eigenvalue weighted by Gasteiger charge is -2.26. The summed E-state index contributed by atoms with van der Waals surface area (Å²) in [5, 5.41) is 16.5. The number of aromatic carboxylic acids is 1. The quantitative estimate of drug-likeness (QED) is 0.216. The second-order valence-electron chi connectivity index (χ2n) is 9.02. The monoisotopic (exact) mass is 576 g/mol. The Kier molecular flexibility index (Phi) is 7.99. The highest BCUT2D eigenvalue weighted by molar-refractivity contribution is 7.80. The fourth-order valence-electron chi connectivity index (χ4n) is 4.64. The van der Waals surface area contributed by atoms with Crippen LogP contribution in [0.25, 0.3) is 11.3 Å². The van der Waals surface area contributed by atoms with Crippen molar-refractivity contribution in [3.05, 3.63) is 101 Å². The van der Waals surface area contributed by atoms with Crippen molar-refractivity contribution in [1.82, 2.24) is 15.2 Å². The number of nitrogens with one attached hydrogen (secondary N) is 2. The first-order valence-electron chi connectivity index (χ1n) is 12.4. The second-order valence-corrected chi connectivity index (χ2v) is 9.81. The van der Waals surface area contributed by atoms with Gasteiger partial charge in [0, 0.05) is 24.7 Å². The number of amides is 1. The highest BCUT2D eigenvalue weighted by atomic mass is 35.5. The van der Waals surface area contributed by atoms with Gasteiger partial charge in [0.05, 0.1) is 35.1 Å². The van der Waals surface area contributed by atoms with Gasteiger partial charge >= 0.3 is 5.97 Å². The van der Waals surface area contributed by atoms with Crippen molar-refractivity contribution in [2.24, 2.45) is 0 Å². The molecule has 2 aromatic carbocycles. The summed E-state index contributed by atoms with van der Waals surface area (Å²) in [6.07, 6.45) is 1.84. The molecule has 0 spiro atoms. The van der Waals surface area contributed by atoms with Gasteiger partial charge in [0.25, 0.3) is 0 Å². The van der Waals surface area contributed by atoms with Gasteiger partial charge < -0.3 is 29.8 Å². The van der Waals surface area contributed by atoms with E-state index in [4.69, 9.17) is 33.0 Å². The summed E-state index contributed by atoms with van der Waals surface area (Å²) in [7, 11) is 1.55. The van der Waals surface area contributed by atoms with Crippen molar-refractivity contribution in [2.75, 3.05) is 19.0 Å². The number of pyridine rings is 1. The summed E-state index contributed by atoms with van der Waals surface area (Å²) in [6.45, 7) is 0.298. The number of hydrogen-bond acceptors (Lipinski definition) is 6. The Morgan fingerprint density at radius 3 is 2.70 bits per heavy atom. The predicted octanol–water partition coefficient (Wildman–Crippen LogP) is 5.70. The third-order valence-electron chi connectivity index (χ3n) is 6.56. The molecule has 0 aliphatic carbocycles. The maximum atomic E-state index is 12.9. The molecule has 0 saturated carbocycles. The average molecular weight is 577 g/mol. The van der Waals surface area contributed by atoms with E-state index in [0.717, 1.165) is 5.69 Å². The van der Waals surface area contributed by atoms with Gasteiger partial charge in [0.2, 0.25) is 5.91 Å². The maximum Gasteiger partial charge on any atom is 0.335 e. The molecule has 3 heterocycles. The molecule has 204 valence electrons. The number of ether oxygens (including phenoxy) is 1. The molecule has 9 nitrogen and oxygen atoms in total. The minimum absolute atomic E-state index is 0.0927. The number of methoxy groups -OCH3 is 1. The van der Waals surface area contributed by atoms with E-state index in [2.05, 4.69) is 15.6 Å². The Labute approximate surface area is 240 Å². The van der Waals surface area contributed by atoms with E-state index < -0.39 is 12.0 Å². The molecule has 3 N–H and O–H groups in total. The number of para-hydroxylation sites is 2. The van der Waals surface area contributed by atoms with E-state index in [1.54, 1.807) is 37.6 Å². The first-order valence-corrected chi connectivity index (χ1v) is 13.2. The van der Waals surface area contributed by atoms with Crippen LogP contribution in [0.5, 0.6) is 5.75 Å². The number of thiocarbonyl (C=S) groups is 1. The standard InChI is InChI=1S/C29H25ClN4O5S/c1-38-23-8-3-2-6-20(23)32-25(35)13-15-34-27(26(33-29(34)40)21-7-4-5-14-31-21)24-12-11-22(39-24)18-16-17(28(36)37)9-10-19(18)30/h2-12,14,16,26-27H,13,15H2,1H3,(H,32,35)(H,33,40)(H,36,37)/t26-,27+/m0/s1. The number of carbonyl (C=O) groups is 2. The van der Waals surface area contributed by atoms with Gasteiger partial charge in [0.15, 0.2) is 5.11 Å². The Morgan fingerprint density at radius 2 is 1.95 bits per heavy atom. The molecular formula is C29H25ClN4O5S. The molecule has 1 fully saturated rings. The van der Waals surface area contributed by atoms with E-state index in [0.29, 0.717) is 45.2 Å². The number of hydrogen-bond donors (Lipinski definition) is 3. The molecule has 4 aromatic rings. The number of carboxylic acids is 1. The number of furan rings is 1. The summed E-state index contributed by atoms with van der Waals surface area (Å²) in [5.41, 5.74) is 1.88. The van der Waals surface area contributed by atoms with E-state index in [-0.39, 0.29) is 23.9 Å². The highest BCUT2D eigenvalue weighted by Crippen LogP contribution is 2.41. The summed E-state index contributed by atoms with van der Waals surface area (Å²) < 4.78 is 11.6. The molecule has 0 unspecified atom stereocenters. The zero-order valence-corrected chi connectivity index (χ0v) is 22.9. The van der Waals surface area contributed by atoms with Gasteiger partial charge in [-0.3, -0.25) is 9.78 Å². The third kappa shape index (κ3) is 5.63. The number of aromatic nitrogens is 1. The van der Waals surface area contributed by atoms with E-state index >= 15 is 0 Å². The molecule has 40 heavy (non-hydrogen) atoms. The summed E-state index contributed by atoms with van der Waals surface area (Å²) in [4.78, 5) is 30.8. The van der Waals surface area contributed by atoms with E-state index in [9.17, 15) is 14.7 Å². The number of nitrogens with zero attached hydrogens (tertiary/aromatic N) is 2. The number of rotatable bonds is 9. The van der Waals surface area contributed by atoms with Crippen molar-refractivity contribution in [3.8, 4) is 17.1 Å². The lowest BCUT2D eigenvalue weighted by molar-refractivity contribution is -0.116. The summed E-state index contributed by atoms with van der Waals surface area (Å²) in [6, 6.07) is 20.0. The molecule has 1 amide bonds. The molecule has 5 rings (SSSR count). The first-order chi connectivity index (χ1) is 19.4. The molecular weight excluding hydrogens is 552 g/mol. The van der Waals surface area contributed by atoms with Crippen LogP contribution in [0, 0.1) is 0 Å². The predicted molar refractivity (Wildman–Crippen MR) is 155 cm³/mol. The lowest BCUT2D eigenvalue weighted by Crippen LogP contribution is -2.32. The summed E-state index contributed by atoms with van der Waals surface area (Å²) >= 11 is 12.1. The topological polar surface area (TPSA) is 117 Å². The van der Waals surface area contributed by atoms with Crippen molar-refractivity contribution >= 4 is 46.5 Å². The largest absolute Gasteiger partial charge is 0.495 e. The van der Waals surface area contributed by atoms with Crippen LogP contribution >= 0.6 is 23.8 Å². The van der Waals surface area contributed by atoms with E-state index in [1.807, 2.05) is 35.2 Å². The molecule has 1 aliphatic rings. The third-order valence-corrected chi connectivity index (χ3v) is 7.24. The molecule has 2 aromatic heterocycles. The Hall–Kier alpha value is -4.41. The number of anilines is 1. The van der Waals surface area contributed by atoms with Gasteiger partial charge in [-0.2, -0.15) is 0 Å². The van der Waals surface area contributed by atoms with Crippen LogP contribution in [0.2, 0.25) is 5.02 Å². The van der Waals surface area contributed by atoms with E-state index in [1.165, 1.54) is 18.2 Å². The van der Waals surface area contributed by atoms with Gasteiger partial charge in [0.1, 0.15) is 23.3 Å². The fraction of sp³-hybridized carbons (Fsp3) is 0.172. The number of benzene rings is 2. The maximum absolute atomic E-state index is 12.9. The van der Waals surface area contributed by atoms with Crippen molar-refractivity contribution in [2.45, 2.75) is 18.5 Å². The SMILES string of the molecule is COc1ccccc1NC(=O)CCN1C(=S)N[C@@H](c2ccccn2)[C@H]1c1ccc(-c2cc(C(=O)O)ccc2Cl)o1. The number of carboxylic acid groups (broad SMARTS) is 1. The molecule has 0 radical (unpaired) electrons. The van der Waals surface area contributed by atoms with Gasteiger partial charge in [-0.15, -0.1) is 0 Å². The van der Waals surface area contributed by atoms with Gasteiger partial charge in [-0.05, 0) is 66.8 Å². The zero-order valence-electron chi connectivity index (χ0n) is 21.3. The Morgan fingerprint density at radius 1 is 1.15 bits per heavy atom.